The molecule has 0 saturated carbocycles. The maximum Gasteiger partial charge on any atom is 0.279 e. The summed E-state index contributed by atoms with van der Waals surface area (Å²) in [6.07, 6.45) is 4.33. The monoisotopic (exact) mass is 460 g/mol. The van der Waals surface area contributed by atoms with Crippen LogP contribution in [0.5, 0.6) is 0 Å². The maximum atomic E-state index is 13.9. The van der Waals surface area contributed by atoms with Gasteiger partial charge in [0.2, 0.25) is 0 Å². The molecule has 0 unspecified atom stereocenters. The maximum absolute atomic E-state index is 13.9. The lowest BCUT2D eigenvalue weighted by Crippen LogP contribution is -2.39. The van der Waals surface area contributed by atoms with Crippen LogP contribution in [0.1, 0.15) is 72.9 Å². The highest BCUT2D eigenvalue weighted by molar-refractivity contribution is 6.13. The lowest BCUT2D eigenvalue weighted by atomic mass is 9.95. The summed E-state index contributed by atoms with van der Waals surface area (Å²) < 4.78 is 1.43. The first kappa shape index (κ1) is 23.7. The number of aryl methyl sites for hydroxylation is 1. The van der Waals surface area contributed by atoms with Gasteiger partial charge in [-0.25, -0.2) is 4.68 Å². The predicted molar refractivity (Wildman–Crippen MR) is 135 cm³/mol. The van der Waals surface area contributed by atoms with Gasteiger partial charge >= 0.3 is 0 Å². The zero-order valence-electron chi connectivity index (χ0n) is 20.1. The van der Waals surface area contributed by atoms with Crippen LogP contribution in [0.2, 0.25) is 0 Å². The molecule has 7 nitrogen and oxygen atoms in total. The van der Waals surface area contributed by atoms with Crippen LogP contribution in [0.4, 0.5) is 5.69 Å². The Kier molecular flexibility index (Phi) is 7.10. The van der Waals surface area contributed by atoms with Crippen molar-refractivity contribution in [2.45, 2.75) is 65.5 Å². The van der Waals surface area contributed by atoms with Crippen LogP contribution < -0.4 is 15.8 Å². The number of fused-ring (bicyclic) bond motifs is 2. The molecule has 4 rings (SSSR count). The molecule has 2 heterocycles. The van der Waals surface area contributed by atoms with Crippen LogP contribution in [-0.4, -0.2) is 34.2 Å². The smallest absolute Gasteiger partial charge is 0.279 e. The average molecular weight is 461 g/mol. The molecule has 0 aliphatic carbocycles. The predicted octanol–water partition coefficient (Wildman–Crippen LogP) is 4.32. The van der Waals surface area contributed by atoms with E-state index in [2.05, 4.69) is 17.3 Å². The molecule has 0 bridgehead atoms. The second-order valence-corrected chi connectivity index (χ2v) is 9.12. The number of carbonyl (C=O) groups excluding carboxylic acids is 2. The largest absolute Gasteiger partial charge is 0.350 e. The Bertz CT molecular complexity index is 1280. The minimum absolute atomic E-state index is 0.0222. The highest BCUT2D eigenvalue weighted by atomic mass is 16.2. The van der Waals surface area contributed by atoms with E-state index in [-0.39, 0.29) is 29.1 Å². The van der Waals surface area contributed by atoms with Crippen molar-refractivity contribution in [3.8, 4) is 0 Å². The Balaban J connectivity index is 1.78. The average Bonchev–Trinajstić information content (AvgIpc) is 2.84. The number of amides is 2. The summed E-state index contributed by atoms with van der Waals surface area (Å²) in [4.78, 5) is 41.4. The van der Waals surface area contributed by atoms with E-state index in [4.69, 9.17) is 0 Å². The van der Waals surface area contributed by atoms with Crippen LogP contribution in [0.3, 0.4) is 0 Å². The van der Waals surface area contributed by atoms with Crippen molar-refractivity contribution < 1.29 is 9.59 Å². The van der Waals surface area contributed by atoms with E-state index in [1.165, 1.54) is 4.68 Å². The van der Waals surface area contributed by atoms with Gasteiger partial charge in [-0.3, -0.25) is 14.4 Å². The number of hydrogen-bond donors (Lipinski definition) is 1. The molecule has 3 aromatic rings. The molecule has 1 aliphatic rings. The molecule has 178 valence electrons. The molecule has 1 aliphatic heterocycles. The van der Waals surface area contributed by atoms with Crippen molar-refractivity contribution in [3.63, 3.8) is 0 Å². The normalized spacial score (nSPS) is 13.2. The van der Waals surface area contributed by atoms with E-state index in [0.717, 1.165) is 43.4 Å². The summed E-state index contributed by atoms with van der Waals surface area (Å²) in [5.74, 6) is -0.378. The van der Waals surface area contributed by atoms with Gasteiger partial charge in [-0.05, 0) is 56.9 Å². The number of carbonyl (C=O) groups is 2. The number of unbranched alkanes of at least 4 members (excludes halogenated alkanes) is 2. The van der Waals surface area contributed by atoms with Crippen LogP contribution in [0, 0.1) is 0 Å². The van der Waals surface area contributed by atoms with E-state index >= 15 is 0 Å². The fourth-order valence-corrected chi connectivity index (χ4v) is 4.57. The standard InChI is InChI=1S/C27H32N4O3/c1-4-5-8-17-31-26(33)22-12-7-6-11-20(22)24(29-31)27(34)30-16-10-14-19-21(13-9-15-23(19)30)25(32)28-18(2)3/h6-7,9,11-13,15,18H,4-5,8,10,14,16-17H2,1-3H3,(H,28,32). The molecule has 1 aromatic heterocycles. The first-order chi connectivity index (χ1) is 16.4. The molecule has 7 heteroatoms. The minimum atomic E-state index is -0.247. The minimum Gasteiger partial charge on any atom is -0.350 e. The number of nitrogens with one attached hydrogen (secondary N) is 1. The van der Waals surface area contributed by atoms with E-state index in [1.54, 1.807) is 17.0 Å². The highest BCUT2D eigenvalue weighted by Crippen LogP contribution is 2.31. The number of benzene rings is 2. The van der Waals surface area contributed by atoms with Crippen LogP contribution in [0.25, 0.3) is 10.8 Å². The fourth-order valence-electron chi connectivity index (χ4n) is 4.57. The third-order valence-electron chi connectivity index (χ3n) is 6.20. The molecular formula is C27H32N4O3. The molecule has 1 N–H and O–H groups in total. The van der Waals surface area contributed by atoms with Gasteiger partial charge in [-0.15, -0.1) is 0 Å². The van der Waals surface area contributed by atoms with E-state index in [9.17, 15) is 14.4 Å². The fraction of sp³-hybridized carbons (Fsp3) is 0.407. The Hall–Kier alpha value is -3.48. The van der Waals surface area contributed by atoms with Crippen LogP contribution in [0.15, 0.2) is 47.3 Å². The van der Waals surface area contributed by atoms with Gasteiger partial charge < -0.3 is 10.2 Å². The molecule has 0 spiro atoms. The third kappa shape index (κ3) is 4.60. The van der Waals surface area contributed by atoms with Crippen LogP contribution >= 0.6 is 0 Å². The summed E-state index contributed by atoms with van der Waals surface area (Å²) in [6.45, 7) is 6.97. The van der Waals surface area contributed by atoms with Crippen molar-refractivity contribution in [2.75, 3.05) is 11.4 Å². The van der Waals surface area contributed by atoms with Gasteiger partial charge in [0, 0.05) is 35.8 Å². The summed E-state index contributed by atoms with van der Waals surface area (Å²) in [6, 6.07) is 12.7. The van der Waals surface area contributed by atoms with Crippen molar-refractivity contribution in [1.29, 1.82) is 0 Å². The first-order valence-corrected chi connectivity index (χ1v) is 12.2. The Morgan fingerprint density at radius 3 is 2.56 bits per heavy atom. The Labute approximate surface area is 199 Å². The summed E-state index contributed by atoms with van der Waals surface area (Å²) >= 11 is 0. The summed E-state index contributed by atoms with van der Waals surface area (Å²) in [7, 11) is 0. The molecule has 34 heavy (non-hydrogen) atoms. The second kappa shape index (κ2) is 10.2. The first-order valence-electron chi connectivity index (χ1n) is 12.2. The molecule has 0 fully saturated rings. The van der Waals surface area contributed by atoms with E-state index < -0.39 is 0 Å². The van der Waals surface area contributed by atoms with Gasteiger partial charge in [0.05, 0.1) is 5.39 Å². The summed E-state index contributed by atoms with van der Waals surface area (Å²) in [5.41, 5.74) is 2.32. The third-order valence-corrected chi connectivity index (χ3v) is 6.20. The lowest BCUT2D eigenvalue weighted by Gasteiger charge is -2.31. The molecule has 2 aromatic carbocycles. The van der Waals surface area contributed by atoms with Gasteiger partial charge in [0.25, 0.3) is 17.4 Å². The number of hydrogen-bond acceptors (Lipinski definition) is 4. The lowest BCUT2D eigenvalue weighted by molar-refractivity contribution is 0.0938. The second-order valence-electron chi connectivity index (χ2n) is 9.12. The highest BCUT2D eigenvalue weighted by Gasteiger charge is 2.29. The van der Waals surface area contributed by atoms with Crippen molar-refractivity contribution in [3.05, 3.63) is 69.6 Å². The molecular weight excluding hydrogens is 428 g/mol. The van der Waals surface area contributed by atoms with Gasteiger partial charge in [-0.2, -0.15) is 5.10 Å². The molecule has 0 saturated heterocycles. The topological polar surface area (TPSA) is 84.3 Å². The van der Waals surface area contributed by atoms with Crippen molar-refractivity contribution in [1.82, 2.24) is 15.1 Å². The SMILES string of the molecule is CCCCCn1nc(C(=O)N2CCCc3c(C(=O)NC(C)C)cccc32)c2ccccc2c1=O. The number of rotatable bonds is 7. The van der Waals surface area contributed by atoms with Crippen LogP contribution in [-0.2, 0) is 13.0 Å². The summed E-state index contributed by atoms with van der Waals surface area (Å²) in [5, 5.41) is 8.57. The zero-order chi connectivity index (χ0) is 24.2. The van der Waals surface area contributed by atoms with Crippen molar-refractivity contribution >= 4 is 28.3 Å². The molecule has 0 radical (unpaired) electrons. The van der Waals surface area contributed by atoms with E-state index in [1.807, 2.05) is 44.2 Å². The number of anilines is 1. The quantitative estimate of drug-likeness (QED) is 0.532. The zero-order valence-corrected chi connectivity index (χ0v) is 20.1. The number of nitrogens with zero attached hydrogens (tertiary/aromatic N) is 3. The van der Waals surface area contributed by atoms with Gasteiger partial charge in [-0.1, -0.05) is 44.0 Å². The van der Waals surface area contributed by atoms with Crippen molar-refractivity contribution in [2.24, 2.45) is 0 Å². The number of aromatic nitrogens is 2. The van der Waals surface area contributed by atoms with E-state index in [0.29, 0.717) is 29.4 Å². The Morgan fingerprint density at radius 1 is 1.06 bits per heavy atom. The van der Waals surface area contributed by atoms with Gasteiger partial charge in [0.1, 0.15) is 0 Å². The molecule has 2 amide bonds. The Morgan fingerprint density at radius 2 is 1.82 bits per heavy atom. The van der Waals surface area contributed by atoms with Gasteiger partial charge in [0.15, 0.2) is 5.69 Å². The molecule has 0 atom stereocenters.